The Morgan fingerprint density at radius 3 is 2.47 bits per heavy atom. The number of ether oxygens (including phenoxy) is 1. The van der Waals surface area contributed by atoms with E-state index in [9.17, 15) is 10.1 Å². The van der Waals surface area contributed by atoms with Crippen molar-refractivity contribution in [3.05, 3.63) is 45.6 Å². The number of allylic oxidation sites excluding steroid dienone is 1. The number of rotatable bonds is 7. The highest BCUT2D eigenvalue weighted by Crippen LogP contribution is 2.15. The van der Waals surface area contributed by atoms with Crippen LogP contribution in [0.2, 0.25) is 0 Å². The van der Waals surface area contributed by atoms with Crippen LogP contribution in [0.25, 0.3) is 6.08 Å². The molecule has 0 aliphatic heterocycles. The van der Waals surface area contributed by atoms with Crippen molar-refractivity contribution in [2.75, 3.05) is 27.2 Å². The van der Waals surface area contributed by atoms with E-state index < -0.39 is 0 Å². The molecule has 0 aromatic heterocycles. The minimum absolute atomic E-state index is 0.210. The monoisotopic (exact) mass is 264 g/mol. The minimum atomic E-state index is -0.346. The lowest BCUT2D eigenvalue weighted by Gasteiger charge is -2.10. The molecule has 19 heavy (non-hydrogen) atoms. The van der Waals surface area contributed by atoms with Crippen LogP contribution < -0.4 is 4.74 Å². The van der Waals surface area contributed by atoms with Gasteiger partial charge in [-0.1, -0.05) is 19.1 Å². The predicted octanol–water partition coefficient (Wildman–Crippen LogP) is 2.65. The van der Waals surface area contributed by atoms with Crippen LogP contribution in [0.4, 0.5) is 0 Å². The summed E-state index contributed by atoms with van der Waals surface area (Å²) in [5.41, 5.74) is 1.02. The van der Waals surface area contributed by atoms with Gasteiger partial charge in [0.25, 0.3) is 0 Å². The quantitative estimate of drug-likeness (QED) is 0.561. The van der Waals surface area contributed by atoms with Gasteiger partial charge in [0.15, 0.2) is 0 Å². The van der Waals surface area contributed by atoms with Gasteiger partial charge in [-0.15, -0.1) is 0 Å². The van der Waals surface area contributed by atoms with Crippen LogP contribution in [0.5, 0.6) is 5.75 Å². The molecule has 0 saturated carbocycles. The lowest BCUT2D eigenvalue weighted by atomic mass is 10.1. The molecule has 0 N–H and O–H groups in total. The number of hydrogen-bond acceptors (Lipinski definition) is 4. The van der Waals surface area contributed by atoms with Crippen LogP contribution in [0, 0.1) is 10.1 Å². The van der Waals surface area contributed by atoms with Crippen LogP contribution in [-0.2, 0) is 0 Å². The molecular formula is C14H20N2O3. The molecule has 1 aromatic rings. The molecule has 0 spiro atoms. The van der Waals surface area contributed by atoms with Gasteiger partial charge in [0.05, 0.1) is 4.92 Å². The molecule has 104 valence electrons. The Morgan fingerprint density at radius 1 is 1.37 bits per heavy atom. The maximum atomic E-state index is 10.7. The zero-order chi connectivity index (χ0) is 14.3. The maximum absolute atomic E-state index is 10.7. The Bertz CT molecular complexity index is 439. The first-order valence-corrected chi connectivity index (χ1v) is 6.25. The van der Waals surface area contributed by atoms with Crippen LogP contribution in [-0.4, -0.2) is 37.1 Å². The molecular weight excluding hydrogens is 244 g/mol. The fourth-order valence-corrected chi connectivity index (χ4v) is 1.48. The number of likely N-dealkylation sites (N-methyl/N-ethyl adjacent to an activating group) is 1. The second-order valence-electron chi connectivity index (χ2n) is 4.47. The first-order chi connectivity index (χ1) is 9.02. The van der Waals surface area contributed by atoms with Gasteiger partial charge in [0.1, 0.15) is 12.4 Å². The van der Waals surface area contributed by atoms with Gasteiger partial charge >= 0.3 is 0 Å². The Labute approximate surface area is 113 Å². The summed E-state index contributed by atoms with van der Waals surface area (Å²) in [6.07, 6.45) is 2.00. The van der Waals surface area contributed by atoms with E-state index in [2.05, 4.69) is 0 Å². The van der Waals surface area contributed by atoms with E-state index in [0.29, 0.717) is 13.0 Å². The molecule has 5 nitrogen and oxygen atoms in total. The SMILES string of the molecule is CC/C(=C\c1ccc(OCCN(C)C)cc1)[N+](=O)[O-]. The number of benzene rings is 1. The first kappa shape index (κ1) is 15.2. The molecule has 0 aliphatic carbocycles. The molecule has 0 heterocycles. The van der Waals surface area contributed by atoms with Crippen LogP contribution in [0.1, 0.15) is 18.9 Å². The van der Waals surface area contributed by atoms with E-state index in [4.69, 9.17) is 4.74 Å². The summed E-state index contributed by atoms with van der Waals surface area (Å²) in [5.74, 6) is 0.776. The summed E-state index contributed by atoms with van der Waals surface area (Å²) >= 11 is 0. The van der Waals surface area contributed by atoms with E-state index >= 15 is 0 Å². The van der Waals surface area contributed by atoms with Crippen molar-refractivity contribution in [1.29, 1.82) is 0 Å². The van der Waals surface area contributed by atoms with E-state index in [-0.39, 0.29) is 10.6 Å². The standard InChI is InChI=1S/C14H20N2O3/c1-4-13(16(17)18)11-12-5-7-14(8-6-12)19-10-9-15(2)3/h5-8,11H,4,9-10H2,1-3H3/b13-11+. The molecule has 0 saturated heterocycles. The third-order valence-corrected chi connectivity index (χ3v) is 2.62. The maximum Gasteiger partial charge on any atom is 0.246 e. The topological polar surface area (TPSA) is 55.6 Å². The molecule has 0 aliphatic rings. The zero-order valence-electron chi connectivity index (χ0n) is 11.6. The van der Waals surface area contributed by atoms with Crippen molar-refractivity contribution in [3.8, 4) is 5.75 Å². The van der Waals surface area contributed by atoms with Gasteiger partial charge in [0, 0.05) is 19.0 Å². The fourth-order valence-electron chi connectivity index (χ4n) is 1.48. The molecule has 0 unspecified atom stereocenters. The summed E-state index contributed by atoms with van der Waals surface area (Å²) in [5, 5.41) is 10.7. The Kier molecular flexibility index (Phi) is 6.02. The third kappa shape index (κ3) is 5.52. The van der Waals surface area contributed by atoms with Crippen molar-refractivity contribution in [3.63, 3.8) is 0 Å². The van der Waals surface area contributed by atoms with Crippen LogP contribution >= 0.6 is 0 Å². The van der Waals surface area contributed by atoms with Gasteiger partial charge in [-0.05, 0) is 31.8 Å². The van der Waals surface area contributed by atoms with Gasteiger partial charge in [-0.2, -0.15) is 0 Å². The van der Waals surface area contributed by atoms with E-state index in [1.54, 1.807) is 13.0 Å². The predicted molar refractivity (Wildman–Crippen MR) is 75.8 cm³/mol. The van der Waals surface area contributed by atoms with E-state index in [1.807, 2.05) is 43.3 Å². The Hall–Kier alpha value is -1.88. The lowest BCUT2D eigenvalue weighted by Crippen LogP contribution is -2.19. The highest BCUT2D eigenvalue weighted by molar-refractivity contribution is 5.52. The average molecular weight is 264 g/mol. The summed E-state index contributed by atoms with van der Waals surface area (Å²) in [7, 11) is 3.97. The van der Waals surface area contributed by atoms with Gasteiger partial charge < -0.3 is 9.64 Å². The molecule has 0 bridgehead atoms. The number of hydrogen-bond donors (Lipinski definition) is 0. The second-order valence-corrected chi connectivity index (χ2v) is 4.47. The summed E-state index contributed by atoms with van der Waals surface area (Å²) < 4.78 is 5.55. The second kappa shape index (κ2) is 7.53. The largest absolute Gasteiger partial charge is 0.492 e. The highest BCUT2D eigenvalue weighted by atomic mass is 16.6. The molecule has 1 rings (SSSR count). The molecule has 0 radical (unpaired) electrons. The van der Waals surface area contributed by atoms with E-state index in [1.165, 1.54) is 0 Å². The van der Waals surface area contributed by atoms with Crippen molar-refractivity contribution in [1.82, 2.24) is 4.90 Å². The zero-order valence-corrected chi connectivity index (χ0v) is 11.6. The third-order valence-electron chi connectivity index (χ3n) is 2.62. The normalized spacial score (nSPS) is 11.7. The minimum Gasteiger partial charge on any atom is -0.492 e. The van der Waals surface area contributed by atoms with E-state index in [0.717, 1.165) is 17.9 Å². The van der Waals surface area contributed by atoms with Crippen molar-refractivity contribution < 1.29 is 9.66 Å². The molecule has 5 heteroatoms. The first-order valence-electron chi connectivity index (χ1n) is 6.25. The molecule has 1 aromatic carbocycles. The number of nitro groups is 1. The van der Waals surface area contributed by atoms with Gasteiger partial charge in [-0.3, -0.25) is 10.1 Å². The van der Waals surface area contributed by atoms with Gasteiger partial charge in [-0.25, -0.2) is 0 Å². The number of nitrogens with zero attached hydrogens (tertiary/aromatic N) is 2. The fraction of sp³-hybridized carbons (Fsp3) is 0.429. The van der Waals surface area contributed by atoms with Crippen LogP contribution in [0.3, 0.4) is 0 Å². The summed E-state index contributed by atoms with van der Waals surface area (Å²) in [6, 6.07) is 7.30. The molecule has 0 atom stereocenters. The summed E-state index contributed by atoms with van der Waals surface area (Å²) in [6.45, 7) is 3.24. The van der Waals surface area contributed by atoms with Crippen molar-refractivity contribution in [2.45, 2.75) is 13.3 Å². The summed E-state index contributed by atoms with van der Waals surface area (Å²) in [4.78, 5) is 12.4. The average Bonchev–Trinajstić information content (AvgIpc) is 2.37. The van der Waals surface area contributed by atoms with Gasteiger partial charge in [0.2, 0.25) is 5.70 Å². The molecule has 0 fully saturated rings. The lowest BCUT2D eigenvalue weighted by molar-refractivity contribution is -0.425. The smallest absolute Gasteiger partial charge is 0.246 e. The Balaban J connectivity index is 2.63. The Morgan fingerprint density at radius 2 is 2.00 bits per heavy atom. The van der Waals surface area contributed by atoms with Crippen molar-refractivity contribution >= 4 is 6.08 Å². The van der Waals surface area contributed by atoms with Crippen molar-refractivity contribution in [2.24, 2.45) is 0 Å². The highest BCUT2D eigenvalue weighted by Gasteiger charge is 2.06. The molecule has 0 amide bonds. The van der Waals surface area contributed by atoms with Crippen LogP contribution in [0.15, 0.2) is 30.0 Å².